The first-order valence-electron chi connectivity index (χ1n) is 10.9. The first-order chi connectivity index (χ1) is 14.4. The zero-order valence-corrected chi connectivity index (χ0v) is 17.1. The van der Waals surface area contributed by atoms with Gasteiger partial charge in [-0.05, 0) is 61.3 Å². The average Bonchev–Trinajstić information content (AvgIpc) is 3.49. The van der Waals surface area contributed by atoms with Crippen LogP contribution >= 0.6 is 0 Å². The molecule has 0 spiro atoms. The normalized spacial score (nSPS) is 22.8. The highest BCUT2D eigenvalue weighted by molar-refractivity contribution is 5.30. The molecule has 1 aromatic carbocycles. The van der Waals surface area contributed by atoms with E-state index in [1.54, 1.807) is 0 Å². The molecule has 0 amide bonds. The summed E-state index contributed by atoms with van der Waals surface area (Å²) in [7, 11) is 0. The highest BCUT2D eigenvalue weighted by atomic mass is 16.5. The molecule has 2 fully saturated rings. The Morgan fingerprint density at radius 3 is 2.72 bits per heavy atom. The number of pyridine rings is 1. The lowest BCUT2D eigenvalue weighted by molar-refractivity contribution is 0.0735. The summed E-state index contributed by atoms with van der Waals surface area (Å²) in [5, 5.41) is 3.36. The van der Waals surface area contributed by atoms with Crippen molar-refractivity contribution in [2.24, 2.45) is 5.92 Å². The highest BCUT2D eigenvalue weighted by Gasteiger charge is 2.38. The number of ether oxygens (including phenoxy) is 3. The molecule has 1 aliphatic carbocycles. The van der Waals surface area contributed by atoms with Crippen LogP contribution in [0.5, 0.6) is 5.75 Å². The van der Waals surface area contributed by atoms with E-state index >= 15 is 0 Å². The van der Waals surface area contributed by atoms with Crippen LogP contribution in [0, 0.1) is 5.92 Å². The van der Waals surface area contributed by atoms with Crippen LogP contribution in [0.1, 0.15) is 42.7 Å². The van der Waals surface area contributed by atoms with Gasteiger partial charge in [-0.15, -0.1) is 0 Å². The third-order valence-electron chi connectivity index (χ3n) is 5.78. The van der Waals surface area contributed by atoms with Crippen LogP contribution in [0.2, 0.25) is 0 Å². The molecule has 2 aliphatic rings. The van der Waals surface area contributed by atoms with Crippen LogP contribution in [0.3, 0.4) is 0 Å². The summed E-state index contributed by atoms with van der Waals surface area (Å²) >= 11 is 0. The monoisotopic (exact) mass is 396 g/mol. The molecule has 1 saturated carbocycles. The van der Waals surface area contributed by atoms with E-state index in [2.05, 4.69) is 28.5 Å². The van der Waals surface area contributed by atoms with Crippen molar-refractivity contribution in [3.05, 3.63) is 59.9 Å². The van der Waals surface area contributed by atoms with Gasteiger partial charge in [-0.25, -0.2) is 0 Å². The van der Waals surface area contributed by atoms with Crippen molar-refractivity contribution in [2.45, 2.75) is 44.2 Å². The molecule has 5 heteroatoms. The van der Waals surface area contributed by atoms with Crippen molar-refractivity contribution >= 4 is 0 Å². The third kappa shape index (κ3) is 6.53. The molecule has 4 rings (SSSR count). The van der Waals surface area contributed by atoms with Gasteiger partial charge in [-0.3, -0.25) is 4.98 Å². The number of rotatable bonds is 13. The fourth-order valence-corrected chi connectivity index (χ4v) is 3.74. The fraction of sp³-hybridized carbons (Fsp3) is 0.542. The Morgan fingerprint density at radius 2 is 1.90 bits per heavy atom. The van der Waals surface area contributed by atoms with Gasteiger partial charge in [0, 0.05) is 32.1 Å². The van der Waals surface area contributed by atoms with E-state index in [4.69, 9.17) is 14.2 Å². The zero-order valence-electron chi connectivity index (χ0n) is 17.1. The van der Waals surface area contributed by atoms with E-state index in [9.17, 15) is 0 Å². The summed E-state index contributed by atoms with van der Waals surface area (Å²) < 4.78 is 17.4. The quantitative estimate of drug-likeness (QED) is 0.520. The van der Waals surface area contributed by atoms with E-state index in [-0.39, 0.29) is 0 Å². The summed E-state index contributed by atoms with van der Waals surface area (Å²) in [6.07, 6.45) is 8.31. The smallest absolute Gasteiger partial charge is 0.137 e. The molecular formula is C24H32N2O3. The maximum atomic E-state index is 5.88. The lowest BCUT2D eigenvalue weighted by atomic mass is 10.1. The first kappa shape index (κ1) is 20.3. The topological polar surface area (TPSA) is 52.6 Å². The highest BCUT2D eigenvalue weighted by Crippen LogP contribution is 2.49. The number of nitrogens with zero attached hydrogens (tertiary/aromatic N) is 1. The summed E-state index contributed by atoms with van der Waals surface area (Å²) in [6, 6.07) is 13.0. The summed E-state index contributed by atoms with van der Waals surface area (Å²) in [4.78, 5) is 4.37. The van der Waals surface area contributed by atoms with Crippen molar-refractivity contribution in [2.75, 3.05) is 33.0 Å². The molecule has 2 heterocycles. The predicted octanol–water partition coefficient (Wildman–Crippen LogP) is 3.94. The summed E-state index contributed by atoms with van der Waals surface area (Å²) in [6.45, 7) is 4.87. The zero-order chi connectivity index (χ0) is 19.7. The maximum Gasteiger partial charge on any atom is 0.137 e. The maximum absolute atomic E-state index is 5.88. The number of hydrogen-bond donors (Lipinski definition) is 1. The van der Waals surface area contributed by atoms with Gasteiger partial charge in [0.1, 0.15) is 12.4 Å². The molecule has 29 heavy (non-hydrogen) atoms. The Morgan fingerprint density at radius 1 is 1.03 bits per heavy atom. The molecule has 1 saturated heterocycles. The average molecular weight is 397 g/mol. The van der Waals surface area contributed by atoms with Gasteiger partial charge < -0.3 is 19.5 Å². The standard InChI is InChI=1S/C24H32N2O3/c1-2-5-19(6-3-1)17-28-11-4-10-27-12-8-20-14-24(20)21-13-23(16-25-15-21)29-18-22-7-9-26-22/h1-3,5-6,13,15-16,20,22,24,26H,4,7-12,14,17-18H2/t20-,22-,24-/m0/s1. The molecule has 1 aromatic heterocycles. The molecule has 0 bridgehead atoms. The van der Waals surface area contributed by atoms with Crippen LogP contribution in [-0.2, 0) is 16.1 Å². The van der Waals surface area contributed by atoms with Crippen LogP contribution in [0.25, 0.3) is 0 Å². The van der Waals surface area contributed by atoms with Crippen molar-refractivity contribution in [1.29, 1.82) is 0 Å². The first-order valence-corrected chi connectivity index (χ1v) is 10.9. The Hall–Kier alpha value is -1.95. The number of aromatic nitrogens is 1. The Bertz CT molecular complexity index is 736. The number of benzene rings is 1. The number of hydrogen-bond acceptors (Lipinski definition) is 5. The van der Waals surface area contributed by atoms with E-state index in [0.29, 0.717) is 18.6 Å². The van der Waals surface area contributed by atoms with Crippen LogP contribution in [-0.4, -0.2) is 44.0 Å². The second-order valence-corrected chi connectivity index (χ2v) is 8.10. The molecule has 0 radical (unpaired) electrons. The Kier molecular flexibility index (Phi) is 7.51. The predicted molar refractivity (Wildman–Crippen MR) is 113 cm³/mol. The van der Waals surface area contributed by atoms with E-state index in [1.807, 2.05) is 30.6 Å². The lowest BCUT2D eigenvalue weighted by Crippen LogP contribution is -2.46. The SMILES string of the molecule is c1ccc(COCCCOCC[C@H]2C[C@@H]2c2cncc(OC[C@@H]3CCN3)c2)cc1. The van der Waals surface area contributed by atoms with Gasteiger partial charge in [0.2, 0.25) is 0 Å². The van der Waals surface area contributed by atoms with E-state index in [1.165, 1.54) is 24.0 Å². The van der Waals surface area contributed by atoms with Crippen LogP contribution in [0.15, 0.2) is 48.8 Å². The minimum Gasteiger partial charge on any atom is -0.490 e. The van der Waals surface area contributed by atoms with Gasteiger partial charge in [0.25, 0.3) is 0 Å². The lowest BCUT2D eigenvalue weighted by Gasteiger charge is -2.27. The second-order valence-electron chi connectivity index (χ2n) is 8.10. The molecular weight excluding hydrogens is 364 g/mol. The molecule has 1 N–H and O–H groups in total. The van der Waals surface area contributed by atoms with Gasteiger partial charge in [-0.1, -0.05) is 30.3 Å². The second kappa shape index (κ2) is 10.7. The molecule has 156 valence electrons. The molecule has 0 unspecified atom stereocenters. The van der Waals surface area contributed by atoms with Crippen LogP contribution < -0.4 is 10.1 Å². The molecule has 5 nitrogen and oxygen atoms in total. The van der Waals surface area contributed by atoms with Gasteiger partial charge in [0.05, 0.1) is 12.8 Å². The van der Waals surface area contributed by atoms with Gasteiger partial charge in [-0.2, -0.15) is 0 Å². The summed E-state index contributed by atoms with van der Waals surface area (Å²) in [5.74, 6) is 2.23. The minimum absolute atomic E-state index is 0.508. The van der Waals surface area contributed by atoms with Crippen molar-refractivity contribution in [3.8, 4) is 5.75 Å². The Labute approximate surface area is 173 Å². The van der Waals surface area contributed by atoms with Gasteiger partial charge in [0.15, 0.2) is 0 Å². The van der Waals surface area contributed by atoms with Crippen molar-refractivity contribution < 1.29 is 14.2 Å². The molecule has 2 aromatic rings. The molecule has 3 atom stereocenters. The molecule has 1 aliphatic heterocycles. The van der Waals surface area contributed by atoms with Crippen LogP contribution in [0.4, 0.5) is 0 Å². The van der Waals surface area contributed by atoms with E-state index < -0.39 is 0 Å². The Balaban J connectivity index is 1.04. The fourth-order valence-electron chi connectivity index (χ4n) is 3.74. The van der Waals surface area contributed by atoms with Crippen molar-refractivity contribution in [1.82, 2.24) is 10.3 Å². The minimum atomic E-state index is 0.508. The van der Waals surface area contributed by atoms with Gasteiger partial charge >= 0.3 is 0 Å². The largest absolute Gasteiger partial charge is 0.490 e. The summed E-state index contributed by atoms with van der Waals surface area (Å²) in [5.41, 5.74) is 2.53. The van der Waals surface area contributed by atoms with E-state index in [0.717, 1.165) is 57.5 Å². The van der Waals surface area contributed by atoms with Crippen molar-refractivity contribution in [3.63, 3.8) is 0 Å². The third-order valence-corrected chi connectivity index (χ3v) is 5.78. The number of nitrogens with one attached hydrogen (secondary N) is 1.